The minimum Gasteiger partial charge on any atom is -0.444 e. The van der Waals surface area contributed by atoms with E-state index in [2.05, 4.69) is 48.1 Å². The SMILES string of the molecule is CC1CN(C(=O)OC(C)(C)C)CC(C)N1c1ccc(-c2cnc3c(-c4ccc(C(N)=O)c5ccccc45)cnn3c2)cc1. The van der Waals surface area contributed by atoms with Gasteiger partial charge < -0.3 is 20.3 Å². The lowest BCUT2D eigenvalue weighted by Crippen LogP contribution is -2.58. The highest BCUT2D eigenvalue weighted by Gasteiger charge is 2.34. The summed E-state index contributed by atoms with van der Waals surface area (Å²) in [6.07, 6.45) is 5.38. The van der Waals surface area contributed by atoms with Crippen molar-refractivity contribution in [2.24, 2.45) is 5.73 Å². The number of aromatic nitrogens is 3. The number of hydrogen-bond acceptors (Lipinski definition) is 6. The lowest BCUT2D eigenvalue weighted by molar-refractivity contribution is 0.0193. The van der Waals surface area contributed by atoms with Gasteiger partial charge >= 0.3 is 6.09 Å². The van der Waals surface area contributed by atoms with Gasteiger partial charge in [0.25, 0.3) is 0 Å². The molecule has 2 atom stereocenters. The van der Waals surface area contributed by atoms with E-state index in [0.29, 0.717) is 18.7 Å². The first-order valence-corrected chi connectivity index (χ1v) is 14.5. The van der Waals surface area contributed by atoms with E-state index in [1.54, 1.807) is 21.7 Å². The number of nitrogens with zero attached hydrogens (tertiary/aromatic N) is 5. The molecule has 43 heavy (non-hydrogen) atoms. The Morgan fingerprint density at radius 3 is 2.19 bits per heavy atom. The number of benzene rings is 3. The van der Waals surface area contributed by atoms with E-state index in [1.807, 2.05) is 63.5 Å². The number of anilines is 1. The number of nitrogens with two attached hydrogens (primary N) is 1. The molecule has 6 rings (SSSR count). The molecule has 0 bridgehead atoms. The van der Waals surface area contributed by atoms with E-state index in [0.717, 1.165) is 44.4 Å². The van der Waals surface area contributed by atoms with Crippen molar-refractivity contribution >= 4 is 34.1 Å². The minimum absolute atomic E-state index is 0.135. The van der Waals surface area contributed by atoms with E-state index >= 15 is 0 Å². The highest BCUT2D eigenvalue weighted by atomic mass is 16.6. The van der Waals surface area contributed by atoms with Crippen LogP contribution in [0.15, 0.2) is 79.3 Å². The smallest absolute Gasteiger partial charge is 0.410 e. The zero-order valence-corrected chi connectivity index (χ0v) is 25.1. The zero-order chi connectivity index (χ0) is 30.5. The van der Waals surface area contributed by atoms with Crippen LogP contribution in [0.3, 0.4) is 0 Å². The third-order valence-electron chi connectivity index (χ3n) is 7.91. The fraction of sp³-hybridized carbons (Fsp3) is 0.294. The topological polar surface area (TPSA) is 106 Å². The van der Waals surface area contributed by atoms with Gasteiger partial charge in [0.2, 0.25) is 5.91 Å². The Balaban J connectivity index is 1.24. The van der Waals surface area contributed by atoms with E-state index in [9.17, 15) is 9.59 Å². The van der Waals surface area contributed by atoms with E-state index in [1.165, 1.54) is 0 Å². The number of fused-ring (bicyclic) bond motifs is 2. The van der Waals surface area contributed by atoms with Crippen molar-refractivity contribution in [3.63, 3.8) is 0 Å². The van der Waals surface area contributed by atoms with Crippen LogP contribution in [0.25, 0.3) is 38.7 Å². The molecule has 2 aromatic heterocycles. The minimum atomic E-state index is -0.516. The predicted molar refractivity (Wildman–Crippen MR) is 169 cm³/mol. The van der Waals surface area contributed by atoms with Gasteiger partial charge in [0.15, 0.2) is 5.65 Å². The summed E-state index contributed by atoms with van der Waals surface area (Å²) in [5.41, 5.74) is 11.2. The molecule has 0 spiro atoms. The maximum atomic E-state index is 12.7. The van der Waals surface area contributed by atoms with Gasteiger partial charge in [0, 0.05) is 59.9 Å². The highest BCUT2D eigenvalue weighted by Crippen LogP contribution is 2.34. The molecule has 1 aliphatic heterocycles. The predicted octanol–water partition coefficient (Wildman–Crippen LogP) is 6.15. The Labute approximate surface area is 250 Å². The average Bonchev–Trinajstić information content (AvgIpc) is 3.38. The summed E-state index contributed by atoms with van der Waals surface area (Å²) >= 11 is 0. The Morgan fingerprint density at radius 2 is 1.53 bits per heavy atom. The van der Waals surface area contributed by atoms with Crippen molar-refractivity contribution in [3.05, 3.63) is 84.8 Å². The van der Waals surface area contributed by atoms with Gasteiger partial charge in [-0.2, -0.15) is 5.10 Å². The number of piperazine rings is 1. The van der Waals surface area contributed by atoms with Crippen LogP contribution >= 0.6 is 0 Å². The van der Waals surface area contributed by atoms with Crippen LogP contribution in [-0.4, -0.2) is 62.3 Å². The fourth-order valence-corrected chi connectivity index (χ4v) is 6.10. The van der Waals surface area contributed by atoms with Crippen LogP contribution in [0.5, 0.6) is 0 Å². The van der Waals surface area contributed by atoms with Crippen molar-refractivity contribution in [1.29, 1.82) is 0 Å². The quantitative estimate of drug-likeness (QED) is 0.275. The van der Waals surface area contributed by atoms with Gasteiger partial charge in [-0.25, -0.2) is 14.3 Å². The second-order valence-electron chi connectivity index (χ2n) is 12.3. The number of carbonyl (C=O) groups excluding carboxylic acids is 2. The van der Waals surface area contributed by atoms with Gasteiger partial charge in [0.1, 0.15) is 5.60 Å². The molecule has 220 valence electrons. The molecule has 0 saturated carbocycles. The molecule has 0 aliphatic carbocycles. The van der Waals surface area contributed by atoms with Crippen molar-refractivity contribution in [3.8, 4) is 22.3 Å². The first-order chi connectivity index (χ1) is 20.5. The highest BCUT2D eigenvalue weighted by molar-refractivity contribution is 6.11. The van der Waals surface area contributed by atoms with Gasteiger partial charge in [-0.1, -0.05) is 42.5 Å². The standard InChI is InChI=1S/C34H36N6O3/c1-21-18-38(33(42)43-34(3,4)5)19-22(2)40(21)25-12-10-23(11-13-25)24-16-36-32-30(17-37-39(32)20-24)28-14-15-29(31(35)41)27-9-7-6-8-26(27)28/h6-17,20-22H,18-19H2,1-5H3,(H2,35,41). The van der Waals surface area contributed by atoms with Gasteiger partial charge in [-0.3, -0.25) is 4.79 Å². The van der Waals surface area contributed by atoms with Crippen LogP contribution in [-0.2, 0) is 4.74 Å². The van der Waals surface area contributed by atoms with Crippen molar-refractivity contribution in [1.82, 2.24) is 19.5 Å². The number of primary amides is 1. The van der Waals surface area contributed by atoms with Gasteiger partial charge in [-0.05, 0) is 74.7 Å². The molecule has 1 aliphatic rings. The van der Waals surface area contributed by atoms with Gasteiger partial charge in [-0.15, -0.1) is 0 Å². The molecule has 2 amide bonds. The number of rotatable bonds is 4. The molecule has 0 radical (unpaired) electrons. The lowest BCUT2D eigenvalue weighted by Gasteiger charge is -2.45. The van der Waals surface area contributed by atoms with Crippen LogP contribution in [0.1, 0.15) is 45.0 Å². The number of hydrogen-bond donors (Lipinski definition) is 1. The maximum absolute atomic E-state index is 12.7. The van der Waals surface area contributed by atoms with Crippen LogP contribution in [0, 0.1) is 0 Å². The normalized spacial score (nSPS) is 17.4. The summed E-state index contributed by atoms with van der Waals surface area (Å²) < 4.78 is 7.39. The monoisotopic (exact) mass is 576 g/mol. The molecular formula is C34H36N6O3. The molecule has 9 heteroatoms. The Morgan fingerprint density at radius 1 is 0.860 bits per heavy atom. The summed E-state index contributed by atoms with van der Waals surface area (Å²) in [5, 5.41) is 6.34. The second kappa shape index (κ2) is 10.7. The molecule has 2 unspecified atom stereocenters. The number of amides is 2. The largest absolute Gasteiger partial charge is 0.444 e. The van der Waals surface area contributed by atoms with Crippen LogP contribution in [0.2, 0.25) is 0 Å². The Bertz CT molecular complexity index is 1830. The van der Waals surface area contributed by atoms with Gasteiger partial charge in [0.05, 0.1) is 6.20 Å². The van der Waals surface area contributed by atoms with Crippen molar-refractivity contribution < 1.29 is 14.3 Å². The molecular weight excluding hydrogens is 540 g/mol. The van der Waals surface area contributed by atoms with Crippen LogP contribution < -0.4 is 10.6 Å². The third-order valence-corrected chi connectivity index (χ3v) is 7.91. The summed E-state index contributed by atoms with van der Waals surface area (Å²) in [5.74, 6) is -0.455. The average molecular weight is 577 g/mol. The summed E-state index contributed by atoms with van der Waals surface area (Å²) in [6.45, 7) is 11.1. The molecule has 1 saturated heterocycles. The van der Waals surface area contributed by atoms with E-state index in [-0.39, 0.29) is 18.2 Å². The molecule has 9 nitrogen and oxygen atoms in total. The molecule has 3 aromatic carbocycles. The molecule has 3 heterocycles. The Hall–Kier alpha value is -4.92. The number of carbonyl (C=O) groups is 2. The fourth-order valence-electron chi connectivity index (χ4n) is 6.10. The zero-order valence-electron chi connectivity index (χ0n) is 25.1. The summed E-state index contributed by atoms with van der Waals surface area (Å²) in [6, 6.07) is 20.1. The van der Waals surface area contributed by atoms with Crippen molar-refractivity contribution in [2.75, 3.05) is 18.0 Å². The summed E-state index contributed by atoms with van der Waals surface area (Å²) in [7, 11) is 0. The summed E-state index contributed by atoms with van der Waals surface area (Å²) in [4.78, 5) is 33.6. The van der Waals surface area contributed by atoms with E-state index < -0.39 is 11.5 Å². The lowest BCUT2D eigenvalue weighted by atomic mass is 9.96. The van der Waals surface area contributed by atoms with Crippen LogP contribution in [0.4, 0.5) is 10.5 Å². The molecule has 2 N–H and O–H groups in total. The molecule has 1 fully saturated rings. The maximum Gasteiger partial charge on any atom is 0.410 e. The Kier molecular flexibility index (Phi) is 7.04. The first-order valence-electron chi connectivity index (χ1n) is 14.5. The first kappa shape index (κ1) is 28.2. The second-order valence-corrected chi connectivity index (χ2v) is 12.3. The molecule has 5 aromatic rings. The van der Waals surface area contributed by atoms with E-state index in [4.69, 9.17) is 15.5 Å². The third kappa shape index (κ3) is 5.38. The number of ether oxygens (including phenoxy) is 1. The van der Waals surface area contributed by atoms with Crippen molar-refractivity contribution in [2.45, 2.75) is 52.3 Å².